The molecule has 0 radical (unpaired) electrons. The maximum Gasteiger partial charge on any atom is 0.328 e. The maximum atomic E-state index is 12.3. The molecule has 1 amide bonds. The van der Waals surface area contributed by atoms with Crippen LogP contribution in [0.2, 0.25) is 0 Å². The second-order valence-electron chi connectivity index (χ2n) is 5.93. The van der Waals surface area contributed by atoms with Crippen molar-refractivity contribution in [1.29, 1.82) is 0 Å². The molecule has 2 unspecified atom stereocenters. The first-order chi connectivity index (χ1) is 13.0. The highest BCUT2D eigenvalue weighted by Crippen LogP contribution is 2.22. The van der Waals surface area contributed by atoms with Crippen LogP contribution in [0, 0.1) is 5.92 Å². The van der Waals surface area contributed by atoms with Crippen LogP contribution in [-0.4, -0.2) is 52.7 Å². The van der Waals surface area contributed by atoms with Crippen LogP contribution in [0.25, 0.3) is 5.69 Å². The molecule has 2 rings (SSSR count). The molecule has 9 heteroatoms. The molecule has 8 nitrogen and oxygen atoms in total. The summed E-state index contributed by atoms with van der Waals surface area (Å²) in [7, 11) is 2.91. The number of carbonyl (C=O) groups is 2. The van der Waals surface area contributed by atoms with Crippen LogP contribution in [0.1, 0.15) is 20.3 Å². The largest absolute Gasteiger partial charge is 0.497 e. The predicted molar refractivity (Wildman–Crippen MR) is 102 cm³/mol. The molecule has 0 bridgehead atoms. The van der Waals surface area contributed by atoms with Gasteiger partial charge in [0.1, 0.15) is 18.1 Å². The number of rotatable bonds is 9. The van der Waals surface area contributed by atoms with E-state index in [0.717, 1.165) is 12.1 Å². The Morgan fingerprint density at radius 3 is 2.78 bits per heavy atom. The fourth-order valence-corrected chi connectivity index (χ4v) is 3.14. The van der Waals surface area contributed by atoms with E-state index in [0.29, 0.717) is 10.9 Å². The molecule has 1 aromatic heterocycles. The minimum absolute atomic E-state index is 0.0214. The minimum Gasteiger partial charge on any atom is -0.497 e. The van der Waals surface area contributed by atoms with E-state index in [4.69, 9.17) is 9.47 Å². The van der Waals surface area contributed by atoms with Gasteiger partial charge in [-0.15, -0.1) is 10.2 Å². The summed E-state index contributed by atoms with van der Waals surface area (Å²) in [5.74, 6) is 0.0846. The number of benzene rings is 1. The molecule has 0 saturated carbocycles. The van der Waals surface area contributed by atoms with Gasteiger partial charge in [0.15, 0.2) is 5.16 Å². The van der Waals surface area contributed by atoms with Crippen molar-refractivity contribution >= 4 is 23.6 Å². The number of carbonyl (C=O) groups excluding carboxylic acids is 2. The SMILES string of the molecule is CCC(C)C(NC(=O)CSc1nncn1-c1cccc(OC)c1)C(=O)OC. The average Bonchev–Trinajstić information content (AvgIpc) is 3.18. The number of ether oxygens (including phenoxy) is 2. The lowest BCUT2D eigenvalue weighted by atomic mass is 9.99. The number of nitrogens with one attached hydrogen (secondary N) is 1. The molecule has 0 aliphatic rings. The Labute approximate surface area is 162 Å². The van der Waals surface area contributed by atoms with E-state index in [1.807, 2.05) is 38.1 Å². The predicted octanol–water partition coefficient (Wildman–Crippen LogP) is 2.07. The number of amides is 1. The smallest absolute Gasteiger partial charge is 0.328 e. The first kappa shape index (κ1) is 20.8. The van der Waals surface area contributed by atoms with Crippen molar-refractivity contribution in [2.45, 2.75) is 31.5 Å². The van der Waals surface area contributed by atoms with Crippen molar-refractivity contribution in [2.75, 3.05) is 20.0 Å². The van der Waals surface area contributed by atoms with Gasteiger partial charge in [-0.05, 0) is 18.1 Å². The van der Waals surface area contributed by atoms with E-state index in [1.165, 1.54) is 18.9 Å². The van der Waals surface area contributed by atoms with E-state index in [2.05, 4.69) is 15.5 Å². The summed E-state index contributed by atoms with van der Waals surface area (Å²) in [6.07, 6.45) is 2.32. The van der Waals surface area contributed by atoms with E-state index >= 15 is 0 Å². The second-order valence-corrected chi connectivity index (χ2v) is 6.87. The van der Waals surface area contributed by atoms with Gasteiger partial charge in [0.05, 0.1) is 25.7 Å². The molecule has 2 atom stereocenters. The zero-order valence-electron chi connectivity index (χ0n) is 15.8. The van der Waals surface area contributed by atoms with Gasteiger partial charge in [0, 0.05) is 6.07 Å². The Morgan fingerprint density at radius 1 is 1.33 bits per heavy atom. The topological polar surface area (TPSA) is 95.3 Å². The first-order valence-corrected chi connectivity index (χ1v) is 9.53. The highest BCUT2D eigenvalue weighted by molar-refractivity contribution is 7.99. The summed E-state index contributed by atoms with van der Waals surface area (Å²) in [6, 6.07) is 6.79. The summed E-state index contributed by atoms with van der Waals surface area (Å²) < 4.78 is 11.8. The van der Waals surface area contributed by atoms with Crippen LogP contribution in [0.5, 0.6) is 5.75 Å². The molecular weight excluding hydrogens is 368 g/mol. The Kier molecular flexibility index (Phi) is 7.66. The number of hydrogen-bond donors (Lipinski definition) is 1. The molecule has 0 spiro atoms. The van der Waals surface area contributed by atoms with Crippen molar-refractivity contribution < 1.29 is 19.1 Å². The van der Waals surface area contributed by atoms with Gasteiger partial charge in [-0.2, -0.15) is 0 Å². The Morgan fingerprint density at radius 2 is 2.11 bits per heavy atom. The van der Waals surface area contributed by atoms with Gasteiger partial charge >= 0.3 is 5.97 Å². The molecule has 27 heavy (non-hydrogen) atoms. The van der Waals surface area contributed by atoms with Crippen LogP contribution in [0.3, 0.4) is 0 Å². The normalized spacial score (nSPS) is 12.9. The third-order valence-corrected chi connectivity index (χ3v) is 5.11. The molecule has 146 valence electrons. The zero-order valence-corrected chi connectivity index (χ0v) is 16.7. The molecule has 1 aromatic carbocycles. The molecule has 1 N–H and O–H groups in total. The van der Waals surface area contributed by atoms with Gasteiger partial charge in [0.25, 0.3) is 0 Å². The number of hydrogen-bond acceptors (Lipinski definition) is 7. The Bertz CT molecular complexity index is 780. The lowest BCUT2D eigenvalue weighted by Crippen LogP contribution is -2.46. The first-order valence-electron chi connectivity index (χ1n) is 8.54. The van der Waals surface area contributed by atoms with Gasteiger partial charge in [0.2, 0.25) is 5.91 Å². The van der Waals surface area contributed by atoms with E-state index in [9.17, 15) is 9.59 Å². The molecule has 0 fully saturated rings. The summed E-state index contributed by atoms with van der Waals surface area (Å²) >= 11 is 1.24. The number of esters is 1. The van der Waals surface area contributed by atoms with Crippen LogP contribution >= 0.6 is 11.8 Å². The van der Waals surface area contributed by atoms with Crippen LogP contribution < -0.4 is 10.1 Å². The molecular formula is C18H24N4O4S. The Hall–Kier alpha value is -2.55. The van der Waals surface area contributed by atoms with Gasteiger partial charge < -0.3 is 14.8 Å². The van der Waals surface area contributed by atoms with Crippen molar-refractivity contribution in [3.63, 3.8) is 0 Å². The third kappa shape index (κ3) is 5.46. The molecule has 0 aliphatic heterocycles. The highest BCUT2D eigenvalue weighted by Gasteiger charge is 2.26. The summed E-state index contributed by atoms with van der Waals surface area (Å²) in [5, 5.41) is 11.3. The average molecular weight is 392 g/mol. The monoisotopic (exact) mass is 392 g/mol. The molecule has 1 heterocycles. The third-order valence-electron chi connectivity index (χ3n) is 4.16. The van der Waals surface area contributed by atoms with Crippen molar-refractivity contribution in [2.24, 2.45) is 5.92 Å². The number of nitrogens with zero attached hydrogens (tertiary/aromatic N) is 3. The summed E-state index contributed by atoms with van der Waals surface area (Å²) in [5.41, 5.74) is 0.828. The molecule has 0 saturated heterocycles. The number of aromatic nitrogens is 3. The van der Waals surface area contributed by atoms with Crippen LogP contribution in [0.15, 0.2) is 35.7 Å². The highest BCUT2D eigenvalue weighted by atomic mass is 32.2. The maximum absolute atomic E-state index is 12.3. The Balaban J connectivity index is 2.03. The fourth-order valence-electron chi connectivity index (χ4n) is 2.40. The molecule has 0 aliphatic carbocycles. The van der Waals surface area contributed by atoms with Gasteiger partial charge in [-0.3, -0.25) is 9.36 Å². The van der Waals surface area contributed by atoms with E-state index < -0.39 is 12.0 Å². The lowest BCUT2D eigenvalue weighted by Gasteiger charge is -2.21. The van der Waals surface area contributed by atoms with E-state index in [-0.39, 0.29) is 17.6 Å². The van der Waals surface area contributed by atoms with Crippen LogP contribution in [-0.2, 0) is 14.3 Å². The summed E-state index contributed by atoms with van der Waals surface area (Å²) in [6.45, 7) is 3.85. The van der Waals surface area contributed by atoms with Crippen molar-refractivity contribution in [1.82, 2.24) is 20.1 Å². The summed E-state index contributed by atoms with van der Waals surface area (Å²) in [4.78, 5) is 24.2. The van der Waals surface area contributed by atoms with Crippen molar-refractivity contribution in [3.8, 4) is 11.4 Å². The van der Waals surface area contributed by atoms with Gasteiger partial charge in [-0.1, -0.05) is 38.1 Å². The number of thioether (sulfide) groups is 1. The van der Waals surface area contributed by atoms with E-state index in [1.54, 1.807) is 18.0 Å². The lowest BCUT2D eigenvalue weighted by molar-refractivity contribution is -0.146. The van der Waals surface area contributed by atoms with Gasteiger partial charge in [-0.25, -0.2) is 4.79 Å². The zero-order chi connectivity index (χ0) is 19.8. The van der Waals surface area contributed by atoms with Crippen molar-refractivity contribution in [3.05, 3.63) is 30.6 Å². The van der Waals surface area contributed by atoms with Crippen LogP contribution in [0.4, 0.5) is 0 Å². The quantitative estimate of drug-likeness (QED) is 0.515. The second kappa shape index (κ2) is 9.96. The fraction of sp³-hybridized carbons (Fsp3) is 0.444. The molecule has 2 aromatic rings. The minimum atomic E-state index is -0.663. The standard InChI is InChI=1S/C18H24N4O4S/c1-5-12(2)16(17(24)26-4)20-15(23)10-27-18-21-19-11-22(18)13-7-6-8-14(9-13)25-3/h6-9,11-12,16H,5,10H2,1-4H3,(H,20,23). The number of methoxy groups -OCH3 is 2.